The van der Waals surface area contributed by atoms with Crippen LogP contribution in [0.5, 0.6) is 0 Å². The van der Waals surface area contributed by atoms with Gasteiger partial charge in [0.25, 0.3) is 0 Å². The average molecular weight is 142 g/mol. The van der Waals surface area contributed by atoms with E-state index in [4.69, 9.17) is 0 Å². The van der Waals surface area contributed by atoms with Crippen LogP contribution < -0.4 is 0 Å². The lowest BCUT2D eigenvalue weighted by molar-refractivity contribution is -0.138. The van der Waals surface area contributed by atoms with Gasteiger partial charge in [-0.25, -0.2) is 0 Å². The van der Waals surface area contributed by atoms with Crippen LogP contribution in [0.25, 0.3) is 0 Å². The van der Waals surface area contributed by atoms with Crippen LogP contribution in [0.3, 0.4) is 0 Å². The number of carbonyl (C=O) groups is 2. The van der Waals surface area contributed by atoms with Crippen molar-refractivity contribution in [2.75, 3.05) is 0 Å². The van der Waals surface area contributed by atoms with Gasteiger partial charge in [-0.15, -0.1) is 0 Å². The van der Waals surface area contributed by atoms with Gasteiger partial charge in [0.1, 0.15) is 0 Å². The van der Waals surface area contributed by atoms with E-state index >= 15 is 0 Å². The summed E-state index contributed by atoms with van der Waals surface area (Å²) in [5.41, 5.74) is 0. The second-order valence-corrected chi connectivity index (χ2v) is 2.48. The van der Waals surface area contributed by atoms with Gasteiger partial charge in [0.2, 0.25) is 11.6 Å². The van der Waals surface area contributed by atoms with Crippen molar-refractivity contribution in [1.82, 2.24) is 0 Å². The first-order chi connectivity index (χ1) is 4.76. The first-order valence-electron chi connectivity index (χ1n) is 3.19. The van der Waals surface area contributed by atoms with E-state index in [1.165, 1.54) is 0 Å². The highest BCUT2D eigenvalue weighted by atomic mass is 17.4. The SMILES string of the molecule is O=C1CCCC(=O)C12OO2. The van der Waals surface area contributed by atoms with E-state index in [9.17, 15) is 9.59 Å². The molecule has 2 rings (SSSR count). The normalized spacial score (nSPS) is 29.2. The van der Waals surface area contributed by atoms with Gasteiger partial charge in [-0.3, -0.25) is 9.59 Å². The molecule has 10 heavy (non-hydrogen) atoms. The van der Waals surface area contributed by atoms with Gasteiger partial charge < -0.3 is 0 Å². The highest BCUT2D eigenvalue weighted by Crippen LogP contribution is 2.37. The maximum absolute atomic E-state index is 10.9. The summed E-state index contributed by atoms with van der Waals surface area (Å²) in [6.07, 6.45) is 1.42. The van der Waals surface area contributed by atoms with E-state index in [-0.39, 0.29) is 11.6 Å². The van der Waals surface area contributed by atoms with Crippen molar-refractivity contribution >= 4 is 11.6 Å². The van der Waals surface area contributed by atoms with E-state index in [2.05, 4.69) is 9.78 Å². The molecule has 0 aromatic heterocycles. The van der Waals surface area contributed by atoms with Crippen molar-refractivity contribution < 1.29 is 19.4 Å². The van der Waals surface area contributed by atoms with Gasteiger partial charge in [-0.05, 0) is 6.42 Å². The molecule has 0 amide bonds. The molecule has 1 heterocycles. The van der Waals surface area contributed by atoms with Crippen LogP contribution in [0, 0.1) is 0 Å². The number of rotatable bonds is 0. The second kappa shape index (κ2) is 1.65. The summed E-state index contributed by atoms with van der Waals surface area (Å²) in [6.45, 7) is 0. The molecule has 0 aromatic rings. The van der Waals surface area contributed by atoms with Crippen LogP contribution in [0.2, 0.25) is 0 Å². The Morgan fingerprint density at radius 2 is 1.60 bits per heavy atom. The first kappa shape index (κ1) is 6.00. The lowest BCUT2D eigenvalue weighted by Crippen LogP contribution is -2.37. The minimum Gasteiger partial charge on any atom is -0.293 e. The molecule has 54 valence electrons. The third kappa shape index (κ3) is 0.574. The lowest BCUT2D eigenvalue weighted by Gasteiger charge is -2.09. The smallest absolute Gasteiger partial charge is 0.293 e. The van der Waals surface area contributed by atoms with Crippen molar-refractivity contribution in [2.45, 2.75) is 25.0 Å². The van der Waals surface area contributed by atoms with Gasteiger partial charge in [0.15, 0.2) is 0 Å². The quantitative estimate of drug-likeness (QED) is 0.270. The third-order valence-corrected chi connectivity index (χ3v) is 1.79. The fourth-order valence-corrected chi connectivity index (χ4v) is 1.12. The molecule has 4 nitrogen and oxygen atoms in total. The Morgan fingerprint density at radius 3 is 1.90 bits per heavy atom. The summed E-state index contributed by atoms with van der Waals surface area (Å²) in [5.74, 6) is -1.90. The monoisotopic (exact) mass is 142 g/mol. The van der Waals surface area contributed by atoms with Gasteiger partial charge in [-0.1, -0.05) is 0 Å². The molecule has 0 bridgehead atoms. The van der Waals surface area contributed by atoms with Crippen molar-refractivity contribution in [3.63, 3.8) is 0 Å². The Morgan fingerprint density at radius 1 is 1.10 bits per heavy atom. The van der Waals surface area contributed by atoms with Crippen molar-refractivity contribution in [3.8, 4) is 0 Å². The van der Waals surface area contributed by atoms with Crippen LogP contribution in [0.15, 0.2) is 0 Å². The summed E-state index contributed by atoms with van der Waals surface area (Å²) in [4.78, 5) is 30.6. The molecule has 4 heteroatoms. The van der Waals surface area contributed by atoms with Crippen LogP contribution >= 0.6 is 0 Å². The molecule has 0 radical (unpaired) electrons. The lowest BCUT2D eigenvalue weighted by atomic mass is 9.93. The van der Waals surface area contributed by atoms with Gasteiger partial charge in [-0.2, -0.15) is 9.78 Å². The summed E-state index contributed by atoms with van der Waals surface area (Å²) in [7, 11) is 0. The van der Waals surface area contributed by atoms with E-state index in [1.54, 1.807) is 0 Å². The topological polar surface area (TPSA) is 59.2 Å². The van der Waals surface area contributed by atoms with Crippen LogP contribution in [0.1, 0.15) is 19.3 Å². The molecular weight excluding hydrogens is 136 g/mol. The fourth-order valence-electron chi connectivity index (χ4n) is 1.12. The summed E-state index contributed by atoms with van der Waals surface area (Å²) >= 11 is 0. The zero-order chi connectivity index (χ0) is 7.19. The molecule has 0 unspecified atom stereocenters. The molecule has 0 atom stereocenters. The molecule has 1 saturated heterocycles. The molecule has 0 N–H and O–H groups in total. The molecular formula is C6H6O4. The van der Waals surface area contributed by atoms with E-state index < -0.39 is 5.79 Å². The van der Waals surface area contributed by atoms with Gasteiger partial charge in [0.05, 0.1) is 0 Å². The highest BCUT2D eigenvalue weighted by Gasteiger charge is 2.63. The maximum atomic E-state index is 10.9. The van der Waals surface area contributed by atoms with Gasteiger partial charge >= 0.3 is 5.79 Å². The van der Waals surface area contributed by atoms with Gasteiger partial charge in [0, 0.05) is 12.8 Å². The van der Waals surface area contributed by atoms with Crippen LogP contribution in [0.4, 0.5) is 0 Å². The molecule has 2 aliphatic rings. The summed E-state index contributed by atoms with van der Waals surface area (Å²) in [5, 5.41) is 0. The van der Waals surface area contributed by atoms with E-state index in [0.717, 1.165) is 0 Å². The zero-order valence-corrected chi connectivity index (χ0v) is 5.25. The minimum atomic E-state index is -1.43. The number of Topliss-reactive ketones (excluding diaryl/α,β-unsaturated/α-hetero) is 2. The van der Waals surface area contributed by atoms with Crippen molar-refractivity contribution in [1.29, 1.82) is 0 Å². The first-order valence-corrected chi connectivity index (χ1v) is 3.19. The third-order valence-electron chi connectivity index (χ3n) is 1.79. The Hall–Kier alpha value is -0.740. The Labute approximate surface area is 57.0 Å². The number of hydrogen-bond donors (Lipinski definition) is 0. The Balaban J connectivity index is 2.26. The zero-order valence-electron chi connectivity index (χ0n) is 5.25. The fraction of sp³-hybridized carbons (Fsp3) is 0.667. The van der Waals surface area contributed by atoms with E-state index in [0.29, 0.717) is 19.3 Å². The summed E-state index contributed by atoms with van der Waals surface area (Å²) < 4.78 is 0. The molecule has 1 saturated carbocycles. The van der Waals surface area contributed by atoms with E-state index in [1.807, 2.05) is 0 Å². The largest absolute Gasteiger partial charge is 0.348 e. The van der Waals surface area contributed by atoms with Crippen LogP contribution in [-0.2, 0) is 19.4 Å². The van der Waals surface area contributed by atoms with Crippen LogP contribution in [-0.4, -0.2) is 17.4 Å². The number of carbonyl (C=O) groups excluding carboxylic acids is 2. The molecule has 1 spiro atoms. The molecule has 1 aliphatic heterocycles. The predicted octanol–water partition coefficient (Wildman–Crippen LogP) is -0.0334. The second-order valence-electron chi connectivity index (χ2n) is 2.48. The highest BCUT2D eigenvalue weighted by molar-refractivity contribution is 6.11. The minimum absolute atomic E-state index is 0.233. The predicted molar refractivity (Wildman–Crippen MR) is 28.8 cm³/mol. The average Bonchev–Trinajstić information content (AvgIpc) is 2.64. The standard InChI is InChI=1S/C6H6O4/c7-4-2-1-3-5(8)6(4)9-10-6/h1-3H2. The molecule has 1 aliphatic carbocycles. The number of hydrogen-bond acceptors (Lipinski definition) is 4. The van der Waals surface area contributed by atoms with Crippen molar-refractivity contribution in [3.05, 3.63) is 0 Å². The Bertz CT molecular complexity index is 186. The summed E-state index contributed by atoms with van der Waals surface area (Å²) in [6, 6.07) is 0. The Kier molecular flexibility index (Phi) is 0.988. The molecule has 2 fully saturated rings. The maximum Gasteiger partial charge on any atom is 0.348 e. The molecule has 0 aromatic carbocycles. The van der Waals surface area contributed by atoms with Crippen molar-refractivity contribution in [2.24, 2.45) is 0 Å². The number of ketones is 2.